The molecule has 1 heterocycles. The van der Waals surface area contributed by atoms with Gasteiger partial charge in [0.25, 0.3) is 0 Å². The maximum Gasteiger partial charge on any atom is 0.322 e. The van der Waals surface area contributed by atoms with Crippen LogP contribution in [-0.2, 0) is 6.54 Å². The lowest BCUT2D eigenvalue weighted by atomic mass is 10.2. The molecule has 0 aliphatic rings. The summed E-state index contributed by atoms with van der Waals surface area (Å²) in [6, 6.07) is 6.55. The summed E-state index contributed by atoms with van der Waals surface area (Å²) >= 11 is 0. The summed E-state index contributed by atoms with van der Waals surface area (Å²) in [6.45, 7) is 0.249. The fraction of sp³-hybridized carbons (Fsp3) is 0.182. The topological polar surface area (TPSA) is 86.0 Å². The highest BCUT2D eigenvalue weighted by molar-refractivity contribution is 5.34. The molecule has 2 rings (SSSR count). The molecule has 0 fully saturated rings. The van der Waals surface area contributed by atoms with Gasteiger partial charge in [0.1, 0.15) is 5.82 Å². The van der Waals surface area contributed by atoms with Crippen LogP contribution >= 0.6 is 0 Å². The van der Waals surface area contributed by atoms with Crippen molar-refractivity contribution in [1.82, 2.24) is 15.0 Å². The Balaban J connectivity index is 2.11. The number of nitrogens with zero attached hydrogens (tertiary/aromatic N) is 3. The Bertz CT molecular complexity index is 549. The molecule has 0 saturated carbocycles. The lowest BCUT2D eigenvalue weighted by Gasteiger charge is -2.07. The van der Waals surface area contributed by atoms with Gasteiger partial charge in [-0.1, -0.05) is 18.2 Å². The minimum absolute atomic E-state index is 0.0397. The van der Waals surface area contributed by atoms with E-state index in [-0.39, 0.29) is 30.3 Å². The minimum Gasteiger partial charge on any atom is -0.467 e. The van der Waals surface area contributed by atoms with Crippen LogP contribution in [0.25, 0.3) is 0 Å². The second-order valence-corrected chi connectivity index (χ2v) is 3.45. The maximum absolute atomic E-state index is 13.4. The highest BCUT2D eigenvalue weighted by Gasteiger charge is 2.05. The van der Waals surface area contributed by atoms with Crippen LogP contribution in [0.4, 0.5) is 16.3 Å². The van der Waals surface area contributed by atoms with E-state index in [0.29, 0.717) is 5.56 Å². The highest BCUT2D eigenvalue weighted by atomic mass is 19.1. The number of halogens is 1. The molecule has 0 atom stereocenters. The number of rotatable bonds is 4. The van der Waals surface area contributed by atoms with E-state index in [2.05, 4.69) is 20.3 Å². The Hall–Kier alpha value is -2.44. The number of ether oxygens (including phenoxy) is 1. The van der Waals surface area contributed by atoms with Crippen LogP contribution in [0.2, 0.25) is 0 Å². The molecular weight excluding hydrogens is 237 g/mol. The first kappa shape index (κ1) is 12.0. The number of anilines is 2. The second-order valence-electron chi connectivity index (χ2n) is 3.45. The van der Waals surface area contributed by atoms with Gasteiger partial charge in [-0.3, -0.25) is 0 Å². The molecule has 18 heavy (non-hydrogen) atoms. The summed E-state index contributed by atoms with van der Waals surface area (Å²) in [4.78, 5) is 11.6. The van der Waals surface area contributed by atoms with Crippen molar-refractivity contribution in [2.75, 3.05) is 18.2 Å². The van der Waals surface area contributed by atoms with Crippen molar-refractivity contribution in [3.63, 3.8) is 0 Å². The van der Waals surface area contributed by atoms with E-state index in [1.54, 1.807) is 18.2 Å². The van der Waals surface area contributed by atoms with Gasteiger partial charge in [0.15, 0.2) is 0 Å². The molecule has 0 aliphatic heterocycles. The molecule has 6 nitrogen and oxygen atoms in total. The molecule has 0 unspecified atom stereocenters. The average molecular weight is 249 g/mol. The van der Waals surface area contributed by atoms with Gasteiger partial charge >= 0.3 is 6.01 Å². The first-order chi connectivity index (χ1) is 8.69. The van der Waals surface area contributed by atoms with Crippen molar-refractivity contribution in [2.45, 2.75) is 6.54 Å². The normalized spacial score (nSPS) is 10.1. The standard InChI is InChI=1S/C11H12FN5O/c1-18-11-16-9(13)15-10(17-11)14-6-7-4-2-3-5-8(7)12/h2-5H,6H2,1H3,(H3,13,14,15,16,17). The fourth-order valence-electron chi connectivity index (χ4n) is 1.36. The number of nitrogen functional groups attached to an aromatic ring is 1. The van der Waals surface area contributed by atoms with Gasteiger partial charge in [0, 0.05) is 12.1 Å². The Kier molecular flexibility index (Phi) is 3.52. The summed E-state index contributed by atoms with van der Waals surface area (Å²) in [6.07, 6.45) is 0. The van der Waals surface area contributed by atoms with Gasteiger partial charge in [0.2, 0.25) is 11.9 Å². The van der Waals surface area contributed by atoms with Gasteiger partial charge in [-0.25, -0.2) is 4.39 Å². The third-order valence-corrected chi connectivity index (χ3v) is 2.21. The number of hydrogen-bond acceptors (Lipinski definition) is 6. The molecular formula is C11H12FN5O. The zero-order valence-corrected chi connectivity index (χ0v) is 9.72. The largest absolute Gasteiger partial charge is 0.467 e. The molecule has 0 saturated heterocycles. The molecule has 0 amide bonds. The quantitative estimate of drug-likeness (QED) is 0.847. The molecule has 94 valence electrons. The third kappa shape index (κ3) is 2.82. The lowest BCUT2D eigenvalue weighted by Crippen LogP contribution is -2.09. The Morgan fingerprint density at radius 1 is 1.28 bits per heavy atom. The molecule has 0 bridgehead atoms. The van der Waals surface area contributed by atoms with E-state index in [1.807, 2.05) is 0 Å². The van der Waals surface area contributed by atoms with Crippen LogP contribution in [0, 0.1) is 5.82 Å². The van der Waals surface area contributed by atoms with Crippen molar-refractivity contribution in [3.8, 4) is 6.01 Å². The van der Waals surface area contributed by atoms with Crippen molar-refractivity contribution in [3.05, 3.63) is 35.6 Å². The molecule has 0 aliphatic carbocycles. The van der Waals surface area contributed by atoms with Crippen LogP contribution in [0.5, 0.6) is 6.01 Å². The molecule has 3 N–H and O–H groups in total. The Morgan fingerprint density at radius 2 is 2.06 bits per heavy atom. The molecule has 1 aromatic carbocycles. The number of benzene rings is 1. The van der Waals surface area contributed by atoms with Crippen molar-refractivity contribution >= 4 is 11.9 Å². The first-order valence-corrected chi connectivity index (χ1v) is 5.22. The van der Waals surface area contributed by atoms with E-state index in [0.717, 1.165) is 0 Å². The van der Waals surface area contributed by atoms with Crippen molar-refractivity contribution in [1.29, 1.82) is 0 Å². The predicted octanol–water partition coefficient (Wildman–Crippen LogP) is 1.21. The number of methoxy groups -OCH3 is 1. The molecule has 1 aromatic heterocycles. The summed E-state index contributed by atoms with van der Waals surface area (Å²) in [5, 5.41) is 2.86. The molecule has 0 radical (unpaired) electrons. The lowest BCUT2D eigenvalue weighted by molar-refractivity contribution is 0.379. The monoisotopic (exact) mass is 249 g/mol. The van der Waals surface area contributed by atoms with E-state index >= 15 is 0 Å². The van der Waals surface area contributed by atoms with Crippen LogP contribution in [0.15, 0.2) is 24.3 Å². The van der Waals surface area contributed by atoms with Gasteiger partial charge in [0.05, 0.1) is 7.11 Å². The van der Waals surface area contributed by atoms with E-state index < -0.39 is 0 Å². The zero-order valence-electron chi connectivity index (χ0n) is 9.72. The van der Waals surface area contributed by atoms with Crippen LogP contribution in [0.1, 0.15) is 5.56 Å². The van der Waals surface area contributed by atoms with Gasteiger partial charge in [-0.05, 0) is 6.07 Å². The van der Waals surface area contributed by atoms with E-state index in [1.165, 1.54) is 13.2 Å². The summed E-state index contributed by atoms with van der Waals surface area (Å²) in [5.74, 6) is -0.0144. The summed E-state index contributed by atoms with van der Waals surface area (Å²) in [7, 11) is 1.43. The molecule has 7 heteroatoms. The number of aromatic nitrogens is 3. The Labute approximate surface area is 103 Å². The van der Waals surface area contributed by atoms with Gasteiger partial charge in [-0.2, -0.15) is 15.0 Å². The smallest absolute Gasteiger partial charge is 0.322 e. The highest BCUT2D eigenvalue weighted by Crippen LogP contribution is 2.11. The van der Waals surface area contributed by atoms with Crippen LogP contribution < -0.4 is 15.8 Å². The summed E-state index contributed by atoms with van der Waals surface area (Å²) in [5.41, 5.74) is 5.99. The summed E-state index contributed by atoms with van der Waals surface area (Å²) < 4.78 is 18.2. The first-order valence-electron chi connectivity index (χ1n) is 5.22. The fourth-order valence-corrected chi connectivity index (χ4v) is 1.36. The SMILES string of the molecule is COc1nc(N)nc(NCc2ccccc2F)n1. The predicted molar refractivity (Wildman–Crippen MR) is 64.5 cm³/mol. The van der Waals surface area contributed by atoms with Gasteiger partial charge < -0.3 is 15.8 Å². The maximum atomic E-state index is 13.4. The van der Waals surface area contributed by atoms with E-state index in [4.69, 9.17) is 10.5 Å². The van der Waals surface area contributed by atoms with E-state index in [9.17, 15) is 4.39 Å². The van der Waals surface area contributed by atoms with Crippen LogP contribution in [0.3, 0.4) is 0 Å². The van der Waals surface area contributed by atoms with Gasteiger partial charge in [-0.15, -0.1) is 0 Å². The average Bonchev–Trinajstić information content (AvgIpc) is 2.37. The number of nitrogens with two attached hydrogens (primary N) is 1. The number of nitrogens with one attached hydrogen (secondary N) is 1. The van der Waals surface area contributed by atoms with Crippen molar-refractivity contribution in [2.24, 2.45) is 0 Å². The third-order valence-electron chi connectivity index (χ3n) is 2.21. The van der Waals surface area contributed by atoms with Crippen LogP contribution in [-0.4, -0.2) is 22.1 Å². The second kappa shape index (κ2) is 5.26. The number of hydrogen-bond donors (Lipinski definition) is 2. The molecule has 2 aromatic rings. The zero-order chi connectivity index (χ0) is 13.0. The minimum atomic E-state index is -0.293. The van der Waals surface area contributed by atoms with Crippen molar-refractivity contribution < 1.29 is 9.13 Å². The molecule has 0 spiro atoms. The Morgan fingerprint density at radius 3 is 2.78 bits per heavy atom.